The number of hydrogen-bond acceptors (Lipinski definition) is 6. The highest BCUT2D eigenvalue weighted by atomic mass is 16.7. The molecule has 2 aliphatic heterocycles. The molecule has 1 N–H and O–H groups in total. The fourth-order valence-corrected chi connectivity index (χ4v) is 3.99. The van der Waals surface area contributed by atoms with Crippen molar-refractivity contribution in [3.63, 3.8) is 0 Å². The molecule has 0 saturated heterocycles. The average Bonchev–Trinajstić information content (AvgIpc) is 3.19. The first-order valence-corrected chi connectivity index (χ1v) is 10.3. The number of imide groups is 2. The summed E-state index contributed by atoms with van der Waals surface area (Å²) in [5, 5.41) is 9.98. The maximum atomic E-state index is 12.1. The van der Waals surface area contributed by atoms with Crippen molar-refractivity contribution in [2.75, 3.05) is 6.61 Å². The highest BCUT2D eigenvalue weighted by Crippen LogP contribution is 2.27. The van der Waals surface area contributed by atoms with E-state index in [0.717, 1.165) is 17.9 Å². The zero-order valence-electron chi connectivity index (χ0n) is 16.8. The van der Waals surface area contributed by atoms with E-state index in [0.29, 0.717) is 23.7 Å². The van der Waals surface area contributed by atoms with Gasteiger partial charge in [-0.3, -0.25) is 29.2 Å². The van der Waals surface area contributed by atoms with Crippen LogP contribution in [0.3, 0.4) is 0 Å². The molecule has 1 fully saturated rings. The predicted octanol–water partition coefficient (Wildman–Crippen LogP) is 3.47. The Morgan fingerprint density at radius 3 is 1.58 bits per heavy atom. The fourth-order valence-electron chi connectivity index (χ4n) is 3.99. The van der Waals surface area contributed by atoms with E-state index >= 15 is 0 Å². The smallest absolute Gasteiger partial charge is 0.278 e. The number of rotatable bonds is 3. The second-order valence-electron chi connectivity index (χ2n) is 7.72. The molecule has 160 valence electrons. The van der Waals surface area contributed by atoms with Crippen molar-refractivity contribution in [3.8, 4) is 0 Å². The Morgan fingerprint density at radius 2 is 1.13 bits per heavy atom. The van der Waals surface area contributed by atoms with Crippen LogP contribution in [0.5, 0.6) is 0 Å². The van der Waals surface area contributed by atoms with Gasteiger partial charge in [-0.25, -0.2) is 0 Å². The predicted molar refractivity (Wildman–Crippen MR) is 108 cm³/mol. The van der Waals surface area contributed by atoms with E-state index in [1.54, 1.807) is 36.4 Å². The molecule has 3 aliphatic rings. The Morgan fingerprint density at radius 1 is 0.710 bits per heavy atom. The number of hydroxylamine groups is 4. The van der Waals surface area contributed by atoms with E-state index in [1.165, 1.54) is 31.4 Å². The molecule has 0 atom stereocenters. The van der Waals surface area contributed by atoms with E-state index in [4.69, 9.17) is 10.0 Å². The number of benzene rings is 2. The third kappa shape index (κ3) is 3.99. The van der Waals surface area contributed by atoms with Gasteiger partial charge in [-0.05, 0) is 43.0 Å². The van der Waals surface area contributed by atoms with E-state index in [1.807, 2.05) is 0 Å². The number of hydrogen-bond donors (Lipinski definition) is 1. The summed E-state index contributed by atoms with van der Waals surface area (Å²) in [5.41, 5.74) is 1.39. The summed E-state index contributed by atoms with van der Waals surface area (Å²) in [4.78, 5) is 51.7. The monoisotopic (exact) mass is 422 g/mol. The van der Waals surface area contributed by atoms with E-state index in [-0.39, 0.29) is 28.0 Å². The molecular formula is C23H22N2O6. The molecule has 0 unspecified atom stereocenters. The zero-order valence-corrected chi connectivity index (χ0v) is 16.8. The lowest BCUT2D eigenvalue weighted by atomic mass is 9.90. The minimum absolute atomic E-state index is 0.130. The van der Waals surface area contributed by atoms with Crippen LogP contribution in [0.1, 0.15) is 73.5 Å². The highest BCUT2D eigenvalue weighted by Gasteiger charge is 2.37. The topological polar surface area (TPSA) is 104 Å². The SMILES string of the molecule is O=C1c2ccccc2C(=O)N1O.O=C1c2ccccc2C(=O)N1OCC1CCCCC1. The summed E-state index contributed by atoms with van der Waals surface area (Å²) >= 11 is 0. The number of nitrogens with zero attached hydrogens (tertiary/aromatic N) is 2. The van der Waals surface area contributed by atoms with Gasteiger partial charge in [0.15, 0.2) is 0 Å². The van der Waals surface area contributed by atoms with Crippen LogP contribution >= 0.6 is 0 Å². The van der Waals surface area contributed by atoms with Crippen molar-refractivity contribution in [2.45, 2.75) is 32.1 Å². The summed E-state index contributed by atoms with van der Waals surface area (Å²) in [6.07, 6.45) is 5.97. The quantitative estimate of drug-likeness (QED) is 0.600. The second kappa shape index (κ2) is 8.79. The summed E-state index contributed by atoms with van der Waals surface area (Å²) in [6, 6.07) is 13.1. The first kappa shape index (κ1) is 20.9. The molecule has 8 heteroatoms. The number of carbonyl (C=O) groups is 4. The van der Waals surface area contributed by atoms with Gasteiger partial charge in [0.25, 0.3) is 23.6 Å². The summed E-state index contributed by atoms with van der Waals surface area (Å²) in [6.45, 7) is 0.464. The van der Waals surface area contributed by atoms with Crippen LogP contribution in [0.4, 0.5) is 0 Å². The molecular weight excluding hydrogens is 400 g/mol. The van der Waals surface area contributed by atoms with Crippen molar-refractivity contribution in [1.82, 2.24) is 10.1 Å². The normalized spacial score (nSPS) is 18.1. The maximum absolute atomic E-state index is 12.1. The van der Waals surface area contributed by atoms with Gasteiger partial charge in [-0.1, -0.05) is 43.5 Å². The van der Waals surface area contributed by atoms with Gasteiger partial charge in [0.2, 0.25) is 0 Å². The minimum Gasteiger partial charge on any atom is -0.278 e. The molecule has 2 aromatic rings. The van der Waals surface area contributed by atoms with Gasteiger partial charge in [-0.15, -0.1) is 10.1 Å². The molecule has 8 nitrogen and oxygen atoms in total. The van der Waals surface area contributed by atoms with E-state index < -0.39 is 11.8 Å². The molecule has 2 heterocycles. The van der Waals surface area contributed by atoms with Crippen molar-refractivity contribution >= 4 is 23.6 Å². The summed E-state index contributed by atoms with van der Waals surface area (Å²) in [7, 11) is 0. The summed E-state index contributed by atoms with van der Waals surface area (Å²) < 4.78 is 0. The third-order valence-corrected chi connectivity index (χ3v) is 5.69. The first-order valence-electron chi connectivity index (χ1n) is 10.3. The molecule has 0 spiro atoms. The molecule has 0 radical (unpaired) electrons. The van der Waals surface area contributed by atoms with Gasteiger partial charge in [0.1, 0.15) is 0 Å². The van der Waals surface area contributed by atoms with Crippen molar-refractivity contribution in [2.24, 2.45) is 5.92 Å². The molecule has 5 rings (SSSR count). The molecule has 0 bridgehead atoms. The van der Waals surface area contributed by atoms with Crippen molar-refractivity contribution in [1.29, 1.82) is 0 Å². The van der Waals surface area contributed by atoms with Gasteiger partial charge >= 0.3 is 0 Å². The third-order valence-electron chi connectivity index (χ3n) is 5.69. The van der Waals surface area contributed by atoms with Crippen LogP contribution in [0.15, 0.2) is 48.5 Å². The average molecular weight is 422 g/mol. The van der Waals surface area contributed by atoms with Crippen LogP contribution in [-0.4, -0.2) is 45.6 Å². The van der Waals surface area contributed by atoms with Crippen LogP contribution in [-0.2, 0) is 4.84 Å². The molecule has 0 aromatic heterocycles. The Labute approximate surface area is 178 Å². The first-order chi connectivity index (χ1) is 15.0. The lowest BCUT2D eigenvalue weighted by Crippen LogP contribution is -2.32. The molecule has 31 heavy (non-hydrogen) atoms. The Bertz CT molecular complexity index is 974. The van der Waals surface area contributed by atoms with Gasteiger partial charge in [0, 0.05) is 0 Å². The van der Waals surface area contributed by atoms with Crippen LogP contribution in [0.2, 0.25) is 0 Å². The minimum atomic E-state index is -0.657. The fraction of sp³-hybridized carbons (Fsp3) is 0.304. The van der Waals surface area contributed by atoms with Crippen molar-refractivity contribution < 1.29 is 29.2 Å². The standard InChI is InChI=1S/C15H17NO3.C8H5NO3/c17-14-12-8-4-5-9-13(12)15(18)16(14)19-10-11-6-2-1-3-7-11;10-7-5-3-1-2-4-6(5)8(11)9(7)12/h4-5,8-9,11H,1-3,6-7,10H2;1-4,12H. The number of amides is 4. The Hall–Kier alpha value is -3.36. The molecule has 1 saturated carbocycles. The Kier molecular flexibility index (Phi) is 5.92. The summed E-state index contributed by atoms with van der Waals surface area (Å²) in [5.74, 6) is -1.52. The van der Waals surface area contributed by atoms with E-state index in [9.17, 15) is 19.2 Å². The Balaban J connectivity index is 0.000000166. The number of carbonyl (C=O) groups excluding carboxylic acids is 4. The van der Waals surface area contributed by atoms with E-state index in [2.05, 4.69) is 0 Å². The van der Waals surface area contributed by atoms with Crippen LogP contribution < -0.4 is 0 Å². The molecule has 1 aliphatic carbocycles. The lowest BCUT2D eigenvalue weighted by Gasteiger charge is -2.23. The molecule has 2 aromatic carbocycles. The second-order valence-corrected chi connectivity index (χ2v) is 7.72. The van der Waals surface area contributed by atoms with Gasteiger partial charge in [-0.2, -0.15) is 0 Å². The van der Waals surface area contributed by atoms with Gasteiger partial charge in [0.05, 0.1) is 28.9 Å². The number of fused-ring (bicyclic) bond motifs is 2. The van der Waals surface area contributed by atoms with Gasteiger partial charge < -0.3 is 0 Å². The van der Waals surface area contributed by atoms with Crippen LogP contribution in [0.25, 0.3) is 0 Å². The highest BCUT2D eigenvalue weighted by molar-refractivity contribution is 6.21. The van der Waals surface area contributed by atoms with Crippen molar-refractivity contribution in [3.05, 3.63) is 70.8 Å². The maximum Gasteiger partial charge on any atom is 0.285 e. The zero-order chi connectivity index (χ0) is 22.0. The molecule has 4 amide bonds. The van der Waals surface area contributed by atoms with Crippen LogP contribution in [0, 0.1) is 5.92 Å². The largest absolute Gasteiger partial charge is 0.285 e. The lowest BCUT2D eigenvalue weighted by molar-refractivity contribution is -0.106.